The number of carbonyl (C=O) groups excluding carboxylic acids is 3. The van der Waals surface area contributed by atoms with Crippen LogP contribution in [0.3, 0.4) is 0 Å². The molecule has 0 radical (unpaired) electrons. The van der Waals surface area contributed by atoms with Gasteiger partial charge in [0.05, 0.1) is 11.6 Å². The lowest BCUT2D eigenvalue weighted by molar-refractivity contribution is -0.161. The van der Waals surface area contributed by atoms with Crippen molar-refractivity contribution in [2.24, 2.45) is 11.7 Å². The molecule has 0 aliphatic heterocycles. The Labute approximate surface area is 241 Å². The third-order valence-electron chi connectivity index (χ3n) is 7.37. The molecule has 42 heavy (non-hydrogen) atoms. The van der Waals surface area contributed by atoms with E-state index in [0.29, 0.717) is 10.6 Å². The van der Waals surface area contributed by atoms with Crippen LogP contribution in [0.1, 0.15) is 74.5 Å². The van der Waals surface area contributed by atoms with Gasteiger partial charge in [-0.1, -0.05) is 11.6 Å². The average molecular weight is 593 g/mol. The molecule has 0 spiro atoms. The second-order valence-electron chi connectivity index (χ2n) is 11.1. The maximum absolute atomic E-state index is 15.2. The van der Waals surface area contributed by atoms with Gasteiger partial charge < -0.3 is 21.3 Å². The summed E-state index contributed by atoms with van der Waals surface area (Å²) in [5, 5.41) is 9.59. The number of amides is 3. The highest BCUT2D eigenvalue weighted by atomic mass is 19.4. The summed E-state index contributed by atoms with van der Waals surface area (Å²) < 4.78 is 55.7. The standard InChI is InChI=1S/C29H36F4N6O3/c1-16(2)39-23(10-12-35-39)26(40)37-25(24(18-4-5-18)19-6-7-19)27(41)36-22-9-8-20(14-21(22)30)17(3)28(42)38(13-11-34)15-29(31,32)33/h8-10,12,14,16-18,25H,4-7,11,13,15,34H2,1-3H3,(H,36,41)(H,37,40)/t17-,25-/m0/s1. The number of nitrogens with two attached hydrogens (primary N) is 1. The van der Waals surface area contributed by atoms with E-state index in [9.17, 15) is 27.6 Å². The van der Waals surface area contributed by atoms with E-state index in [1.165, 1.54) is 25.3 Å². The highest BCUT2D eigenvalue weighted by Crippen LogP contribution is 2.46. The molecular weight excluding hydrogens is 556 g/mol. The van der Waals surface area contributed by atoms with Crippen LogP contribution in [-0.4, -0.2) is 64.3 Å². The number of nitrogens with one attached hydrogen (secondary N) is 2. The largest absolute Gasteiger partial charge is 0.406 e. The Morgan fingerprint density at radius 3 is 2.38 bits per heavy atom. The molecule has 1 heterocycles. The molecule has 9 nitrogen and oxygen atoms in total. The lowest BCUT2D eigenvalue weighted by Gasteiger charge is -2.26. The summed E-state index contributed by atoms with van der Waals surface area (Å²) >= 11 is 0. The highest BCUT2D eigenvalue weighted by molar-refractivity contribution is 6.02. The second kappa shape index (κ2) is 12.6. The van der Waals surface area contributed by atoms with Crippen molar-refractivity contribution in [3.8, 4) is 0 Å². The Bertz CT molecular complexity index is 1360. The van der Waals surface area contributed by atoms with Crippen LogP contribution in [0, 0.1) is 11.7 Å². The summed E-state index contributed by atoms with van der Waals surface area (Å²) in [7, 11) is 0. The SMILES string of the molecule is CC(C)n1nccc1C(=O)N[C@H](C(=O)Nc1ccc([C@H](C)C(=O)N(CCN)CC(F)(F)F)cc1F)C(=C1CC1)C1CC1. The Morgan fingerprint density at radius 2 is 1.83 bits per heavy atom. The van der Waals surface area contributed by atoms with E-state index in [2.05, 4.69) is 15.7 Å². The summed E-state index contributed by atoms with van der Waals surface area (Å²) in [6, 6.07) is 4.11. The van der Waals surface area contributed by atoms with Crippen molar-refractivity contribution < 1.29 is 31.9 Å². The third kappa shape index (κ3) is 7.55. The Balaban J connectivity index is 1.53. The maximum atomic E-state index is 15.2. The monoisotopic (exact) mass is 592 g/mol. The van der Waals surface area contributed by atoms with Crippen LogP contribution < -0.4 is 16.4 Å². The Morgan fingerprint density at radius 1 is 1.14 bits per heavy atom. The van der Waals surface area contributed by atoms with Crippen molar-refractivity contribution in [2.45, 2.75) is 70.6 Å². The number of halogens is 4. The molecule has 2 fully saturated rings. The summed E-state index contributed by atoms with van der Waals surface area (Å²) in [6.45, 7) is 3.21. The van der Waals surface area contributed by atoms with Gasteiger partial charge in [-0.15, -0.1) is 0 Å². The molecule has 2 saturated carbocycles. The van der Waals surface area contributed by atoms with Crippen LogP contribution in [0.2, 0.25) is 0 Å². The van der Waals surface area contributed by atoms with Crippen LogP contribution in [0.25, 0.3) is 0 Å². The van der Waals surface area contributed by atoms with Gasteiger partial charge in [-0.25, -0.2) is 4.39 Å². The molecule has 1 aromatic heterocycles. The number of hydrogen-bond acceptors (Lipinski definition) is 5. The summed E-state index contributed by atoms with van der Waals surface area (Å²) in [5.74, 6) is -3.72. The van der Waals surface area contributed by atoms with Gasteiger partial charge in [0.2, 0.25) is 5.91 Å². The van der Waals surface area contributed by atoms with Crippen molar-refractivity contribution in [3.63, 3.8) is 0 Å². The van der Waals surface area contributed by atoms with Crippen LogP contribution >= 0.6 is 0 Å². The minimum atomic E-state index is -4.61. The van der Waals surface area contributed by atoms with Crippen molar-refractivity contribution in [3.05, 3.63) is 58.7 Å². The summed E-state index contributed by atoms with van der Waals surface area (Å²) in [5.41, 5.74) is 7.61. The minimum absolute atomic E-state index is 0.0875. The zero-order valence-corrected chi connectivity index (χ0v) is 23.8. The first-order valence-corrected chi connectivity index (χ1v) is 14.0. The Kier molecular flexibility index (Phi) is 9.39. The minimum Gasteiger partial charge on any atom is -0.335 e. The fraction of sp³-hybridized carbons (Fsp3) is 0.517. The number of nitrogens with zero attached hydrogens (tertiary/aromatic N) is 3. The molecular formula is C29H36F4N6O3. The lowest BCUT2D eigenvalue weighted by atomic mass is 9.98. The molecule has 0 saturated heterocycles. The number of carbonyl (C=O) groups is 3. The first-order chi connectivity index (χ1) is 19.8. The van der Waals surface area contributed by atoms with Gasteiger partial charge in [0.1, 0.15) is 24.1 Å². The first-order valence-electron chi connectivity index (χ1n) is 14.0. The summed E-state index contributed by atoms with van der Waals surface area (Å²) in [6.07, 6.45) is 0.352. The highest BCUT2D eigenvalue weighted by Gasteiger charge is 2.40. The van der Waals surface area contributed by atoms with E-state index < -0.39 is 48.2 Å². The normalized spacial score (nSPS) is 16.2. The van der Waals surface area contributed by atoms with E-state index in [-0.39, 0.29) is 36.3 Å². The number of anilines is 1. The van der Waals surface area contributed by atoms with Crippen LogP contribution in [0.5, 0.6) is 0 Å². The van der Waals surface area contributed by atoms with Crippen molar-refractivity contribution >= 4 is 23.4 Å². The molecule has 2 aromatic rings. The fourth-order valence-electron chi connectivity index (χ4n) is 5.03. The first kappa shape index (κ1) is 31.2. The molecule has 13 heteroatoms. The topological polar surface area (TPSA) is 122 Å². The molecule has 228 valence electrons. The predicted molar refractivity (Wildman–Crippen MR) is 148 cm³/mol. The third-order valence-corrected chi connectivity index (χ3v) is 7.37. The van der Waals surface area contributed by atoms with Gasteiger partial charge >= 0.3 is 6.18 Å². The van der Waals surface area contributed by atoms with E-state index in [0.717, 1.165) is 42.9 Å². The smallest absolute Gasteiger partial charge is 0.335 e. The lowest BCUT2D eigenvalue weighted by Crippen LogP contribution is -2.46. The summed E-state index contributed by atoms with van der Waals surface area (Å²) in [4.78, 5) is 40.2. The molecule has 2 atom stereocenters. The van der Waals surface area contributed by atoms with E-state index in [1.807, 2.05) is 13.8 Å². The van der Waals surface area contributed by atoms with Gasteiger partial charge in [0.25, 0.3) is 11.8 Å². The second-order valence-corrected chi connectivity index (χ2v) is 11.1. The molecule has 3 amide bonds. The molecule has 4 N–H and O–H groups in total. The van der Waals surface area contributed by atoms with E-state index in [1.54, 1.807) is 10.7 Å². The van der Waals surface area contributed by atoms with Gasteiger partial charge in [-0.2, -0.15) is 18.3 Å². The number of benzene rings is 1. The number of hydrogen-bond donors (Lipinski definition) is 3. The van der Waals surface area contributed by atoms with Gasteiger partial charge in [0.15, 0.2) is 0 Å². The number of aromatic nitrogens is 2. The molecule has 4 rings (SSSR count). The zero-order valence-electron chi connectivity index (χ0n) is 23.8. The van der Waals surface area contributed by atoms with Crippen molar-refractivity contribution in [2.75, 3.05) is 25.0 Å². The van der Waals surface area contributed by atoms with Crippen molar-refractivity contribution in [1.29, 1.82) is 0 Å². The average Bonchev–Trinajstić information content (AvgIpc) is 3.86. The van der Waals surface area contributed by atoms with E-state index >= 15 is 4.39 Å². The van der Waals surface area contributed by atoms with Crippen LogP contribution in [0.15, 0.2) is 41.6 Å². The predicted octanol–water partition coefficient (Wildman–Crippen LogP) is 4.29. The van der Waals surface area contributed by atoms with Gasteiger partial charge in [-0.3, -0.25) is 19.1 Å². The molecule has 2 aliphatic rings. The van der Waals surface area contributed by atoms with Crippen molar-refractivity contribution in [1.82, 2.24) is 20.0 Å². The van der Waals surface area contributed by atoms with Crippen LogP contribution in [-0.2, 0) is 9.59 Å². The maximum Gasteiger partial charge on any atom is 0.406 e. The quantitative estimate of drug-likeness (QED) is 0.251. The molecule has 1 aromatic carbocycles. The van der Waals surface area contributed by atoms with E-state index in [4.69, 9.17) is 5.73 Å². The molecule has 0 bridgehead atoms. The van der Waals surface area contributed by atoms with Gasteiger partial charge in [0, 0.05) is 25.3 Å². The number of alkyl halides is 3. The molecule has 0 unspecified atom stereocenters. The fourth-order valence-corrected chi connectivity index (χ4v) is 5.03. The number of allylic oxidation sites excluding steroid dienone is 1. The molecule has 2 aliphatic carbocycles. The zero-order chi connectivity index (χ0) is 30.8. The van der Waals surface area contributed by atoms with Gasteiger partial charge in [-0.05, 0) is 81.7 Å². The van der Waals surface area contributed by atoms with Crippen LogP contribution in [0.4, 0.5) is 23.2 Å². The Hall–Kier alpha value is -3.74. The number of rotatable bonds is 12.